The fraction of sp³-hybridized carbons (Fsp3) is 0.333. The number of aryl methyl sites for hydroxylation is 1. The molecule has 20 heavy (non-hydrogen) atoms. The number of fused-ring (bicyclic) bond motifs is 1. The smallest absolute Gasteiger partial charge is 0.426 e. The lowest BCUT2D eigenvalue weighted by Crippen LogP contribution is -2.31. The van der Waals surface area contributed by atoms with Gasteiger partial charge in [0.05, 0.1) is 11.1 Å². The van der Waals surface area contributed by atoms with Crippen molar-refractivity contribution in [2.75, 3.05) is 5.43 Å². The fourth-order valence-electron chi connectivity index (χ4n) is 2.04. The predicted octanol–water partition coefficient (Wildman–Crippen LogP) is 3.30. The summed E-state index contributed by atoms with van der Waals surface area (Å²) in [6.45, 7) is 7.32. The number of amides is 1. The van der Waals surface area contributed by atoms with Gasteiger partial charge in [0.1, 0.15) is 11.7 Å². The number of nitriles is 1. The summed E-state index contributed by atoms with van der Waals surface area (Å²) in [6, 6.07) is 7.80. The number of benzene rings is 1. The molecule has 0 aliphatic rings. The molecule has 5 nitrogen and oxygen atoms in total. The Bertz CT molecular complexity index is 702. The molecule has 0 saturated carbocycles. The molecule has 0 bridgehead atoms. The number of rotatable bonds is 1. The topological polar surface area (TPSA) is 67.0 Å². The summed E-state index contributed by atoms with van der Waals surface area (Å²) in [7, 11) is 0. The average Bonchev–Trinajstić information content (AvgIpc) is 2.66. The van der Waals surface area contributed by atoms with Gasteiger partial charge in [0.2, 0.25) is 0 Å². The molecule has 1 aromatic carbocycles. The van der Waals surface area contributed by atoms with Crippen LogP contribution in [0.5, 0.6) is 0 Å². The van der Waals surface area contributed by atoms with Gasteiger partial charge in [-0.3, -0.25) is 4.68 Å². The minimum Gasteiger partial charge on any atom is -0.443 e. The summed E-state index contributed by atoms with van der Waals surface area (Å²) in [5.41, 5.74) is 4.34. The third-order valence-corrected chi connectivity index (χ3v) is 2.77. The Hall–Kier alpha value is -2.48. The van der Waals surface area contributed by atoms with Crippen molar-refractivity contribution in [3.63, 3.8) is 0 Å². The summed E-state index contributed by atoms with van der Waals surface area (Å²) >= 11 is 0. The van der Waals surface area contributed by atoms with Crippen LogP contribution in [0.3, 0.4) is 0 Å². The van der Waals surface area contributed by atoms with Crippen LogP contribution in [-0.4, -0.2) is 16.4 Å². The standard InChI is InChI=1S/C15H17N3O2/c1-10-6-5-7-12-13(10)11(8-16)9-18(12)17-14(19)20-15(2,3)4/h5-7,9H,1-4H3,(H,17,19). The Morgan fingerprint density at radius 1 is 1.40 bits per heavy atom. The molecule has 1 N–H and O–H groups in total. The number of carbonyl (C=O) groups is 1. The maximum Gasteiger partial charge on any atom is 0.426 e. The zero-order valence-corrected chi connectivity index (χ0v) is 12.0. The Kier molecular flexibility index (Phi) is 3.41. The second-order valence-corrected chi connectivity index (χ2v) is 5.61. The van der Waals surface area contributed by atoms with Gasteiger partial charge in [-0.05, 0) is 39.3 Å². The number of hydrogen-bond donors (Lipinski definition) is 1. The van der Waals surface area contributed by atoms with Gasteiger partial charge in [-0.1, -0.05) is 12.1 Å². The molecule has 5 heteroatoms. The number of carbonyl (C=O) groups excluding carboxylic acids is 1. The normalized spacial score (nSPS) is 11.2. The number of ether oxygens (including phenoxy) is 1. The second kappa shape index (κ2) is 4.89. The fourth-order valence-corrected chi connectivity index (χ4v) is 2.04. The maximum atomic E-state index is 11.8. The van der Waals surface area contributed by atoms with Crippen LogP contribution >= 0.6 is 0 Å². The Morgan fingerprint density at radius 2 is 2.10 bits per heavy atom. The van der Waals surface area contributed by atoms with E-state index in [1.165, 1.54) is 4.68 Å². The molecule has 1 aromatic heterocycles. The van der Waals surface area contributed by atoms with Crippen LogP contribution in [0.4, 0.5) is 4.79 Å². The van der Waals surface area contributed by atoms with Crippen molar-refractivity contribution in [2.45, 2.75) is 33.3 Å². The highest BCUT2D eigenvalue weighted by Gasteiger charge is 2.18. The first-order valence-electron chi connectivity index (χ1n) is 6.32. The molecule has 0 fully saturated rings. The summed E-state index contributed by atoms with van der Waals surface area (Å²) in [4.78, 5) is 11.8. The minimum atomic E-state index is -0.568. The third-order valence-electron chi connectivity index (χ3n) is 2.77. The quantitative estimate of drug-likeness (QED) is 0.865. The monoisotopic (exact) mass is 271 g/mol. The molecule has 104 valence electrons. The molecule has 0 radical (unpaired) electrons. The minimum absolute atomic E-state index is 0.522. The zero-order chi connectivity index (χ0) is 14.9. The van der Waals surface area contributed by atoms with Crippen molar-refractivity contribution >= 4 is 17.0 Å². The average molecular weight is 271 g/mol. The first-order valence-corrected chi connectivity index (χ1v) is 6.32. The van der Waals surface area contributed by atoms with Gasteiger partial charge in [-0.2, -0.15) is 5.26 Å². The van der Waals surface area contributed by atoms with E-state index in [4.69, 9.17) is 4.74 Å². The first-order chi connectivity index (χ1) is 9.31. The van der Waals surface area contributed by atoms with Crippen molar-refractivity contribution in [1.29, 1.82) is 5.26 Å². The van der Waals surface area contributed by atoms with Crippen LogP contribution < -0.4 is 5.43 Å². The lowest BCUT2D eigenvalue weighted by molar-refractivity contribution is 0.0614. The van der Waals surface area contributed by atoms with Gasteiger partial charge < -0.3 is 4.74 Å². The van der Waals surface area contributed by atoms with E-state index in [0.717, 1.165) is 16.5 Å². The van der Waals surface area contributed by atoms with E-state index in [2.05, 4.69) is 11.5 Å². The largest absolute Gasteiger partial charge is 0.443 e. The summed E-state index contributed by atoms with van der Waals surface area (Å²) in [5.74, 6) is 0. The Labute approximate surface area is 117 Å². The van der Waals surface area contributed by atoms with E-state index < -0.39 is 11.7 Å². The van der Waals surface area contributed by atoms with Crippen molar-refractivity contribution in [2.24, 2.45) is 0 Å². The van der Waals surface area contributed by atoms with Crippen molar-refractivity contribution in [3.8, 4) is 6.07 Å². The maximum absolute atomic E-state index is 11.8. The predicted molar refractivity (Wildman–Crippen MR) is 77.0 cm³/mol. The van der Waals surface area contributed by atoms with Gasteiger partial charge in [-0.25, -0.2) is 10.2 Å². The number of aromatic nitrogens is 1. The second-order valence-electron chi connectivity index (χ2n) is 5.61. The number of hydrogen-bond acceptors (Lipinski definition) is 3. The molecular weight excluding hydrogens is 254 g/mol. The van der Waals surface area contributed by atoms with Gasteiger partial charge in [0, 0.05) is 11.6 Å². The molecule has 1 heterocycles. The highest BCUT2D eigenvalue weighted by Crippen LogP contribution is 2.23. The summed E-state index contributed by atoms with van der Waals surface area (Å²) in [5, 5.41) is 10.0. The third kappa shape index (κ3) is 2.75. The van der Waals surface area contributed by atoms with Gasteiger partial charge in [0.25, 0.3) is 0 Å². The Balaban J connectivity index is 2.39. The molecule has 2 aromatic rings. The number of nitrogens with one attached hydrogen (secondary N) is 1. The van der Waals surface area contributed by atoms with E-state index in [1.807, 2.05) is 25.1 Å². The Morgan fingerprint density at radius 3 is 2.70 bits per heavy atom. The molecule has 0 spiro atoms. The molecule has 0 aliphatic heterocycles. The zero-order valence-electron chi connectivity index (χ0n) is 12.0. The van der Waals surface area contributed by atoms with Crippen LogP contribution in [0.2, 0.25) is 0 Å². The van der Waals surface area contributed by atoms with Crippen LogP contribution in [0, 0.1) is 18.3 Å². The molecule has 0 atom stereocenters. The van der Waals surface area contributed by atoms with Gasteiger partial charge >= 0.3 is 6.09 Å². The molecule has 0 saturated heterocycles. The molecule has 0 unspecified atom stereocenters. The summed E-state index contributed by atoms with van der Waals surface area (Å²) in [6.07, 6.45) is 1.04. The highest BCUT2D eigenvalue weighted by atomic mass is 16.6. The van der Waals surface area contributed by atoms with Crippen LogP contribution in [-0.2, 0) is 4.74 Å². The van der Waals surface area contributed by atoms with Gasteiger partial charge in [0.15, 0.2) is 0 Å². The SMILES string of the molecule is Cc1cccc2c1c(C#N)cn2NC(=O)OC(C)(C)C. The van der Waals surface area contributed by atoms with E-state index in [0.29, 0.717) is 5.56 Å². The first kappa shape index (κ1) is 13.9. The van der Waals surface area contributed by atoms with Crippen LogP contribution in [0.15, 0.2) is 24.4 Å². The van der Waals surface area contributed by atoms with Crippen molar-refractivity contribution in [3.05, 3.63) is 35.5 Å². The number of nitrogens with zero attached hydrogens (tertiary/aromatic N) is 2. The lowest BCUT2D eigenvalue weighted by atomic mass is 10.1. The molecule has 0 aliphatic carbocycles. The van der Waals surface area contributed by atoms with Crippen molar-refractivity contribution < 1.29 is 9.53 Å². The van der Waals surface area contributed by atoms with E-state index in [9.17, 15) is 10.1 Å². The van der Waals surface area contributed by atoms with Crippen LogP contribution in [0.25, 0.3) is 10.9 Å². The molecule has 2 rings (SSSR count). The molecular formula is C15H17N3O2. The van der Waals surface area contributed by atoms with Gasteiger partial charge in [-0.15, -0.1) is 0 Å². The summed E-state index contributed by atoms with van der Waals surface area (Å²) < 4.78 is 6.73. The van der Waals surface area contributed by atoms with Crippen molar-refractivity contribution in [1.82, 2.24) is 4.68 Å². The van der Waals surface area contributed by atoms with E-state index >= 15 is 0 Å². The molecule has 1 amide bonds. The highest BCUT2D eigenvalue weighted by molar-refractivity contribution is 5.91. The van der Waals surface area contributed by atoms with E-state index in [1.54, 1.807) is 27.0 Å². The van der Waals surface area contributed by atoms with E-state index in [-0.39, 0.29) is 0 Å². The van der Waals surface area contributed by atoms with Crippen LogP contribution in [0.1, 0.15) is 31.9 Å². The lowest BCUT2D eigenvalue weighted by Gasteiger charge is -2.20.